The van der Waals surface area contributed by atoms with E-state index >= 15 is 0 Å². The maximum Gasteiger partial charge on any atom is 0.252 e. The van der Waals surface area contributed by atoms with Crippen molar-refractivity contribution in [3.05, 3.63) is 47.2 Å². The smallest absolute Gasteiger partial charge is 0.252 e. The monoisotopic (exact) mass is 262 g/mol. The van der Waals surface area contributed by atoms with E-state index in [1.165, 1.54) is 6.07 Å². The topological polar surface area (TPSA) is 69.8 Å². The number of rotatable bonds is 9. The number of hydrogen-bond donors (Lipinski definition) is 3. The molecule has 0 aromatic carbocycles. The van der Waals surface area contributed by atoms with Gasteiger partial charge in [0.2, 0.25) is 5.95 Å². The van der Waals surface area contributed by atoms with E-state index in [1.54, 1.807) is 6.08 Å². The lowest BCUT2D eigenvalue weighted by Gasteiger charge is -2.11. The van der Waals surface area contributed by atoms with Crippen molar-refractivity contribution in [1.82, 2.24) is 15.3 Å². The molecule has 0 unspecified atom stereocenters. The number of aromatic nitrogens is 2. The molecule has 104 valence electrons. The number of aryl methyl sites for hydroxylation is 1. The van der Waals surface area contributed by atoms with Gasteiger partial charge in [0.15, 0.2) is 0 Å². The molecule has 3 N–H and O–H groups in total. The molecule has 5 heteroatoms. The first kappa shape index (κ1) is 15.0. The third-order valence-corrected chi connectivity index (χ3v) is 2.54. The Balaban J connectivity index is 2.61. The predicted molar refractivity (Wildman–Crippen MR) is 79.0 cm³/mol. The highest BCUT2D eigenvalue weighted by molar-refractivity contribution is 5.32. The van der Waals surface area contributed by atoms with E-state index in [1.807, 2.05) is 0 Å². The average molecular weight is 262 g/mol. The maximum atomic E-state index is 11.5. The Morgan fingerprint density at radius 1 is 1.58 bits per heavy atom. The maximum absolute atomic E-state index is 11.5. The summed E-state index contributed by atoms with van der Waals surface area (Å²) in [7, 11) is 0. The Hall–Kier alpha value is -2.04. The van der Waals surface area contributed by atoms with Gasteiger partial charge in [-0.15, -0.1) is 6.58 Å². The Morgan fingerprint density at radius 3 is 3.05 bits per heavy atom. The fourth-order valence-corrected chi connectivity index (χ4v) is 1.55. The number of nitrogens with zero attached hydrogens (tertiary/aromatic N) is 1. The van der Waals surface area contributed by atoms with Crippen LogP contribution in [-0.4, -0.2) is 16.5 Å². The van der Waals surface area contributed by atoms with Gasteiger partial charge in [-0.1, -0.05) is 26.0 Å². The van der Waals surface area contributed by atoms with Gasteiger partial charge < -0.3 is 10.6 Å². The second-order valence-corrected chi connectivity index (χ2v) is 4.30. The second-order valence-electron chi connectivity index (χ2n) is 4.30. The fourth-order valence-electron chi connectivity index (χ4n) is 1.55. The summed E-state index contributed by atoms with van der Waals surface area (Å²) in [6, 6.07) is 1.50. The first-order chi connectivity index (χ1) is 9.15. The minimum absolute atomic E-state index is 0.169. The molecule has 0 spiro atoms. The summed E-state index contributed by atoms with van der Waals surface area (Å²) < 4.78 is 0. The Kier molecular flexibility index (Phi) is 6.43. The molecule has 0 atom stereocenters. The SMILES string of the molecule is C=CCCc1cc(=O)[nH]c(NC(=C)NCCCC)n1. The minimum atomic E-state index is -0.169. The van der Waals surface area contributed by atoms with Gasteiger partial charge in [0.05, 0.1) is 11.5 Å². The van der Waals surface area contributed by atoms with Crippen molar-refractivity contribution in [2.75, 3.05) is 11.9 Å². The summed E-state index contributed by atoms with van der Waals surface area (Å²) in [4.78, 5) is 18.5. The minimum Gasteiger partial charge on any atom is -0.372 e. The normalized spacial score (nSPS) is 9.95. The van der Waals surface area contributed by atoms with Crippen LogP contribution in [0.3, 0.4) is 0 Å². The second kappa shape index (κ2) is 8.13. The molecular weight excluding hydrogens is 240 g/mol. The molecule has 1 heterocycles. The van der Waals surface area contributed by atoms with E-state index in [0.717, 1.165) is 31.5 Å². The van der Waals surface area contributed by atoms with Gasteiger partial charge in [-0.05, 0) is 19.3 Å². The zero-order chi connectivity index (χ0) is 14.1. The van der Waals surface area contributed by atoms with Gasteiger partial charge in [0, 0.05) is 12.6 Å². The summed E-state index contributed by atoms with van der Waals surface area (Å²) in [5.41, 5.74) is 0.574. The summed E-state index contributed by atoms with van der Waals surface area (Å²) in [6.45, 7) is 10.5. The van der Waals surface area contributed by atoms with Crippen LogP contribution in [0.15, 0.2) is 35.9 Å². The largest absolute Gasteiger partial charge is 0.372 e. The molecule has 1 aromatic rings. The molecule has 1 aromatic heterocycles. The first-order valence-corrected chi connectivity index (χ1v) is 6.56. The molecule has 0 saturated heterocycles. The van der Waals surface area contributed by atoms with Crippen molar-refractivity contribution in [1.29, 1.82) is 0 Å². The Labute approximate surface area is 113 Å². The van der Waals surface area contributed by atoms with Gasteiger partial charge in [-0.25, -0.2) is 4.98 Å². The summed E-state index contributed by atoms with van der Waals surface area (Å²) in [6.07, 6.45) is 5.50. The van der Waals surface area contributed by atoms with Crippen molar-refractivity contribution in [2.24, 2.45) is 0 Å². The molecule has 0 aliphatic heterocycles. The molecule has 5 nitrogen and oxygen atoms in total. The highest BCUT2D eigenvalue weighted by atomic mass is 16.1. The van der Waals surface area contributed by atoms with Crippen LogP contribution in [0.1, 0.15) is 31.9 Å². The number of unbranched alkanes of at least 4 members (excludes halogenated alkanes) is 1. The molecule has 0 radical (unpaired) electrons. The first-order valence-electron chi connectivity index (χ1n) is 6.56. The third-order valence-electron chi connectivity index (χ3n) is 2.54. The number of anilines is 1. The van der Waals surface area contributed by atoms with Crippen LogP contribution < -0.4 is 16.2 Å². The average Bonchev–Trinajstić information content (AvgIpc) is 2.36. The predicted octanol–water partition coefficient (Wildman–Crippen LogP) is 2.16. The van der Waals surface area contributed by atoms with Gasteiger partial charge in [0.25, 0.3) is 5.56 Å². The van der Waals surface area contributed by atoms with Crippen molar-refractivity contribution < 1.29 is 0 Å². The van der Waals surface area contributed by atoms with Gasteiger partial charge in [-0.3, -0.25) is 9.78 Å². The van der Waals surface area contributed by atoms with Crippen LogP contribution in [-0.2, 0) is 6.42 Å². The van der Waals surface area contributed by atoms with Gasteiger partial charge >= 0.3 is 0 Å². The van der Waals surface area contributed by atoms with Crippen LogP contribution >= 0.6 is 0 Å². The molecule has 0 amide bonds. The van der Waals surface area contributed by atoms with Gasteiger partial charge in [-0.2, -0.15) is 0 Å². The lowest BCUT2D eigenvalue weighted by atomic mass is 10.2. The number of nitrogens with one attached hydrogen (secondary N) is 3. The van der Waals surface area contributed by atoms with E-state index in [-0.39, 0.29) is 5.56 Å². The van der Waals surface area contributed by atoms with E-state index in [4.69, 9.17) is 0 Å². The zero-order valence-corrected chi connectivity index (χ0v) is 11.5. The lowest BCUT2D eigenvalue weighted by Crippen LogP contribution is -2.22. The summed E-state index contributed by atoms with van der Waals surface area (Å²) >= 11 is 0. The van der Waals surface area contributed by atoms with Crippen LogP contribution in [0.2, 0.25) is 0 Å². The van der Waals surface area contributed by atoms with Crippen molar-refractivity contribution in [3.63, 3.8) is 0 Å². The molecule has 19 heavy (non-hydrogen) atoms. The number of allylic oxidation sites excluding steroid dienone is 1. The molecular formula is C14H22N4O. The number of hydrogen-bond acceptors (Lipinski definition) is 4. The van der Waals surface area contributed by atoms with E-state index < -0.39 is 0 Å². The van der Waals surface area contributed by atoms with E-state index in [9.17, 15) is 4.79 Å². The Morgan fingerprint density at radius 2 is 2.37 bits per heavy atom. The molecule has 0 bridgehead atoms. The Bertz CT molecular complexity index is 479. The highest BCUT2D eigenvalue weighted by Gasteiger charge is 2.02. The van der Waals surface area contributed by atoms with E-state index in [2.05, 4.69) is 40.7 Å². The van der Waals surface area contributed by atoms with E-state index in [0.29, 0.717) is 18.2 Å². The number of H-pyrrole nitrogens is 1. The standard InChI is InChI=1S/C14H22N4O/c1-4-6-8-12-10-13(19)18-14(17-12)16-11(3)15-9-7-5-2/h4,10,15H,1,3,5-9H2,2H3,(H2,16,17,18,19). The quantitative estimate of drug-likeness (QED) is 0.471. The lowest BCUT2D eigenvalue weighted by molar-refractivity contribution is 0.712. The summed E-state index contributed by atoms with van der Waals surface area (Å²) in [5, 5.41) is 6.09. The third kappa shape index (κ3) is 5.90. The van der Waals surface area contributed by atoms with Gasteiger partial charge in [0.1, 0.15) is 0 Å². The molecule has 0 saturated carbocycles. The van der Waals surface area contributed by atoms with Crippen LogP contribution in [0, 0.1) is 0 Å². The molecule has 1 rings (SSSR count). The summed E-state index contributed by atoms with van der Waals surface area (Å²) in [5.74, 6) is 1.05. The van der Waals surface area contributed by atoms with Crippen LogP contribution in [0.5, 0.6) is 0 Å². The zero-order valence-electron chi connectivity index (χ0n) is 11.5. The van der Waals surface area contributed by atoms with Crippen LogP contribution in [0.25, 0.3) is 0 Å². The van der Waals surface area contributed by atoms with Crippen molar-refractivity contribution in [3.8, 4) is 0 Å². The van der Waals surface area contributed by atoms with Crippen molar-refractivity contribution in [2.45, 2.75) is 32.6 Å². The van der Waals surface area contributed by atoms with Crippen LogP contribution in [0.4, 0.5) is 5.95 Å². The number of aromatic amines is 1. The fraction of sp³-hybridized carbons (Fsp3) is 0.429. The molecule has 0 aliphatic carbocycles. The molecule has 0 fully saturated rings. The highest BCUT2D eigenvalue weighted by Crippen LogP contribution is 2.02. The van der Waals surface area contributed by atoms with Crippen molar-refractivity contribution >= 4 is 5.95 Å². The molecule has 0 aliphatic rings.